The molecule has 6 rings (SSSR count). The minimum atomic E-state index is 0.0161. The molecular formula is C30H38N6O3. The van der Waals surface area contributed by atoms with Crippen molar-refractivity contribution in [2.45, 2.75) is 70.9 Å². The number of anilines is 2. The molecular weight excluding hydrogens is 492 g/mol. The fourth-order valence-corrected chi connectivity index (χ4v) is 6.47. The Morgan fingerprint density at radius 1 is 1.08 bits per heavy atom. The van der Waals surface area contributed by atoms with Gasteiger partial charge in [-0.05, 0) is 50.3 Å². The van der Waals surface area contributed by atoms with E-state index in [-0.39, 0.29) is 35.6 Å². The molecule has 9 nitrogen and oxygen atoms in total. The maximum absolute atomic E-state index is 13.8. The molecule has 2 aromatic heterocycles. The first-order valence-corrected chi connectivity index (χ1v) is 14.3. The molecule has 3 aromatic rings. The van der Waals surface area contributed by atoms with Crippen LogP contribution in [0.25, 0.3) is 11.3 Å². The molecule has 2 fully saturated rings. The third-order valence-electron chi connectivity index (χ3n) is 9.23. The van der Waals surface area contributed by atoms with E-state index in [0.29, 0.717) is 23.1 Å². The van der Waals surface area contributed by atoms with Crippen LogP contribution in [0.2, 0.25) is 0 Å². The van der Waals surface area contributed by atoms with Crippen LogP contribution in [0.1, 0.15) is 70.1 Å². The third-order valence-corrected chi connectivity index (χ3v) is 9.23. The summed E-state index contributed by atoms with van der Waals surface area (Å²) in [6.07, 6.45) is 2.50. The first-order valence-electron chi connectivity index (χ1n) is 14.3. The van der Waals surface area contributed by atoms with Crippen molar-refractivity contribution < 1.29 is 14.4 Å². The Balaban J connectivity index is 1.14. The number of fused-ring (bicyclic) bond motifs is 3. The normalized spacial score (nSPS) is 23.9. The lowest BCUT2D eigenvalue weighted by Gasteiger charge is -2.43. The first-order chi connectivity index (χ1) is 18.8. The molecule has 3 aliphatic heterocycles. The molecule has 0 radical (unpaired) electrons. The van der Waals surface area contributed by atoms with E-state index in [1.54, 1.807) is 12.1 Å². The van der Waals surface area contributed by atoms with Gasteiger partial charge < -0.3 is 24.7 Å². The lowest BCUT2D eigenvalue weighted by molar-refractivity contribution is -0.140. The highest BCUT2D eigenvalue weighted by molar-refractivity contribution is 5.80. The molecule has 9 heteroatoms. The number of amides is 1. The first kappa shape index (κ1) is 25.6. The van der Waals surface area contributed by atoms with Crippen molar-refractivity contribution in [3.63, 3.8) is 0 Å². The second-order valence-corrected chi connectivity index (χ2v) is 11.8. The molecule has 1 aromatic carbocycles. The van der Waals surface area contributed by atoms with Crippen LogP contribution in [-0.4, -0.2) is 63.0 Å². The van der Waals surface area contributed by atoms with E-state index in [4.69, 9.17) is 4.52 Å². The van der Waals surface area contributed by atoms with E-state index in [9.17, 15) is 9.90 Å². The monoisotopic (exact) mass is 530 g/mol. The van der Waals surface area contributed by atoms with Gasteiger partial charge in [0.05, 0.1) is 5.69 Å². The highest BCUT2D eigenvalue weighted by Gasteiger charge is 2.45. The van der Waals surface area contributed by atoms with Crippen LogP contribution in [0.15, 0.2) is 40.9 Å². The summed E-state index contributed by atoms with van der Waals surface area (Å²) in [6.45, 7) is 11.0. The van der Waals surface area contributed by atoms with Gasteiger partial charge in [-0.1, -0.05) is 38.1 Å². The zero-order valence-corrected chi connectivity index (χ0v) is 23.2. The average molecular weight is 531 g/mol. The second kappa shape index (κ2) is 10.2. The highest BCUT2D eigenvalue weighted by atomic mass is 16.5. The number of piperidine rings is 2. The summed E-state index contributed by atoms with van der Waals surface area (Å²) >= 11 is 0. The molecule has 39 heavy (non-hydrogen) atoms. The zero-order chi connectivity index (χ0) is 27.3. The number of nitrogens with zero attached hydrogens (tertiary/aromatic N) is 5. The SMILES string of the molecule is CC(C)[C@@H](C)c1cc(N2CCC(C(=O)N3CCC4Nc5nnc(-c6ccccc6O)cc5C4[C@@H]3C)CC2)no1. The number of carbonyl (C=O) groups excluding carboxylic acids is 1. The van der Waals surface area contributed by atoms with E-state index < -0.39 is 0 Å². The molecule has 206 valence electrons. The molecule has 0 saturated carbocycles. The molecule has 0 aliphatic carbocycles. The van der Waals surface area contributed by atoms with Gasteiger partial charge in [0, 0.05) is 66.7 Å². The van der Waals surface area contributed by atoms with Crippen LogP contribution in [0.3, 0.4) is 0 Å². The van der Waals surface area contributed by atoms with E-state index in [0.717, 1.165) is 61.9 Å². The number of nitrogens with one attached hydrogen (secondary N) is 1. The third kappa shape index (κ3) is 4.61. The number of para-hydroxylation sites is 1. The van der Waals surface area contributed by atoms with Crippen LogP contribution in [-0.2, 0) is 4.79 Å². The lowest BCUT2D eigenvalue weighted by Crippen LogP contribution is -2.53. The zero-order valence-electron chi connectivity index (χ0n) is 23.2. The standard InChI is InChI=1S/C30H38N6O3/c1-17(2)18(3)26-16-27(34-39-26)35-12-9-20(10-13-35)30(38)36-14-11-23-28(19(36)4)22-15-24(32-33-29(22)31-23)21-7-5-6-8-25(21)37/h5-8,15-20,23,28,37H,9-14H2,1-4H3,(H,31,33)/t18-,19+,23?,28?/m1/s1. The largest absolute Gasteiger partial charge is 0.507 e. The molecule has 0 bridgehead atoms. The fourth-order valence-electron chi connectivity index (χ4n) is 6.47. The van der Waals surface area contributed by atoms with Crippen LogP contribution < -0.4 is 10.2 Å². The Hall–Kier alpha value is -3.62. The number of aromatic hydroxyl groups is 1. The van der Waals surface area contributed by atoms with E-state index >= 15 is 0 Å². The number of benzene rings is 1. The molecule has 5 heterocycles. The van der Waals surface area contributed by atoms with E-state index in [2.05, 4.69) is 64.2 Å². The Bertz CT molecular complexity index is 1350. The van der Waals surface area contributed by atoms with Crippen LogP contribution >= 0.6 is 0 Å². The molecule has 0 spiro atoms. The Kier molecular flexibility index (Phi) is 6.69. The van der Waals surface area contributed by atoms with Crippen LogP contribution in [0.4, 0.5) is 11.6 Å². The predicted octanol–water partition coefficient (Wildman–Crippen LogP) is 5.01. The van der Waals surface area contributed by atoms with Crippen LogP contribution in [0.5, 0.6) is 5.75 Å². The van der Waals surface area contributed by atoms with Gasteiger partial charge in [0.2, 0.25) is 5.91 Å². The number of hydrogen-bond donors (Lipinski definition) is 2. The highest BCUT2D eigenvalue weighted by Crippen LogP contribution is 2.44. The quantitative estimate of drug-likeness (QED) is 0.474. The molecule has 2 N–H and O–H groups in total. The maximum Gasteiger partial charge on any atom is 0.226 e. The summed E-state index contributed by atoms with van der Waals surface area (Å²) in [5.74, 6) is 4.01. The second-order valence-electron chi connectivity index (χ2n) is 11.8. The molecule has 4 atom stereocenters. The van der Waals surface area contributed by atoms with Gasteiger partial charge in [0.1, 0.15) is 11.5 Å². The molecule has 1 amide bonds. The molecule has 3 aliphatic rings. The minimum absolute atomic E-state index is 0.0161. The van der Waals surface area contributed by atoms with Crippen molar-refractivity contribution >= 4 is 17.5 Å². The number of aromatic nitrogens is 3. The van der Waals surface area contributed by atoms with E-state index in [1.165, 1.54) is 0 Å². The average Bonchev–Trinajstić information content (AvgIpc) is 3.58. The van der Waals surface area contributed by atoms with Crippen LogP contribution in [0, 0.1) is 11.8 Å². The minimum Gasteiger partial charge on any atom is -0.507 e. The Labute approximate surface area is 229 Å². The predicted molar refractivity (Wildman–Crippen MR) is 150 cm³/mol. The van der Waals surface area contributed by atoms with Gasteiger partial charge in [-0.25, -0.2) is 0 Å². The molecule has 2 unspecified atom stereocenters. The van der Waals surface area contributed by atoms with Crippen molar-refractivity contribution in [2.75, 3.05) is 29.9 Å². The smallest absolute Gasteiger partial charge is 0.226 e. The number of phenolic OH excluding ortho intramolecular Hbond substituents is 1. The number of carbonyl (C=O) groups is 1. The van der Waals surface area contributed by atoms with Crippen molar-refractivity contribution in [3.05, 3.63) is 47.7 Å². The fraction of sp³-hybridized carbons (Fsp3) is 0.533. The van der Waals surface area contributed by atoms with Gasteiger partial charge in [0.25, 0.3) is 0 Å². The van der Waals surface area contributed by atoms with Gasteiger partial charge in [-0.15, -0.1) is 10.2 Å². The van der Waals surface area contributed by atoms with Gasteiger partial charge in [-0.3, -0.25) is 4.79 Å². The van der Waals surface area contributed by atoms with Crippen molar-refractivity contribution in [1.82, 2.24) is 20.3 Å². The number of rotatable bonds is 5. The summed E-state index contributed by atoms with van der Waals surface area (Å²) in [4.78, 5) is 18.1. The van der Waals surface area contributed by atoms with E-state index in [1.807, 2.05) is 18.2 Å². The summed E-state index contributed by atoms with van der Waals surface area (Å²) in [5, 5.41) is 27.1. The number of hydrogen-bond acceptors (Lipinski definition) is 8. The van der Waals surface area contributed by atoms with Crippen molar-refractivity contribution in [1.29, 1.82) is 0 Å². The number of phenols is 1. The van der Waals surface area contributed by atoms with Gasteiger partial charge in [-0.2, -0.15) is 0 Å². The van der Waals surface area contributed by atoms with Gasteiger partial charge >= 0.3 is 0 Å². The van der Waals surface area contributed by atoms with Crippen molar-refractivity contribution in [3.8, 4) is 17.0 Å². The molecule has 2 saturated heterocycles. The maximum atomic E-state index is 13.8. The summed E-state index contributed by atoms with van der Waals surface area (Å²) in [5.41, 5.74) is 2.39. The van der Waals surface area contributed by atoms with Gasteiger partial charge in [0.15, 0.2) is 11.6 Å². The Morgan fingerprint density at radius 2 is 1.85 bits per heavy atom. The Morgan fingerprint density at radius 3 is 2.59 bits per heavy atom. The summed E-state index contributed by atoms with van der Waals surface area (Å²) in [7, 11) is 0. The number of likely N-dealkylation sites (tertiary alicyclic amines) is 1. The summed E-state index contributed by atoms with van der Waals surface area (Å²) < 4.78 is 5.64. The topological polar surface area (TPSA) is 108 Å². The summed E-state index contributed by atoms with van der Waals surface area (Å²) in [6, 6.07) is 11.6. The lowest BCUT2D eigenvalue weighted by atomic mass is 9.82. The van der Waals surface area contributed by atoms with Crippen molar-refractivity contribution in [2.24, 2.45) is 11.8 Å².